The first-order valence-corrected chi connectivity index (χ1v) is 5.66. The van der Waals surface area contributed by atoms with E-state index in [9.17, 15) is 0 Å². The van der Waals surface area contributed by atoms with Crippen LogP contribution in [0, 0.1) is 12.3 Å². The first-order chi connectivity index (χ1) is 7.42. The number of aryl methyl sites for hydroxylation is 1. The summed E-state index contributed by atoms with van der Waals surface area (Å²) >= 11 is 0. The van der Waals surface area contributed by atoms with E-state index in [0.717, 1.165) is 19.4 Å². The molecule has 0 bridgehead atoms. The van der Waals surface area contributed by atoms with Gasteiger partial charge < -0.3 is 5.32 Å². The molecule has 1 atom stereocenters. The standard InChI is InChI=1S/C14H17N/c1-2-3-6-11-15-14-10-9-12-7-4-5-8-13(12)14/h1,4-5,7-8,14-15H,3,6,9-11H2. The maximum absolute atomic E-state index is 5.22. The summed E-state index contributed by atoms with van der Waals surface area (Å²) in [5.41, 5.74) is 2.99. The first kappa shape index (κ1) is 10.3. The molecule has 1 unspecified atom stereocenters. The molecule has 0 amide bonds. The van der Waals surface area contributed by atoms with Crippen LogP contribution in [-0.2, 0) is 6.42 Å². The Morgan fingerprint density at radius 1 is 1.40 bits per heavy atom. The van der Waals surface area contributed by atoms with Crippen LogP contribution < -0.4 is 5.32 Å². The topological polar surface area (TPSA) is 12.0 Å². The van der Waals surface area contributed by atoms with E-state index < -0.39 is 0 Å². The van der Waals surface area contributed by atoms with Crippen LogP contribution in [0.5, 0.6) is 0 Å². The third-order valence-corrected chi connectivity index (χ3v) is 3.02. The quantitative estimate of drug-likeness (QED) is 0.580. The van der Waals surface area contributed by atoms with Crippen LogP contribution >= 0.6 is 0 Å². The number of hydrogen-bond donors (Lipinski definition) is 1. The van der Waals surface area contributed by atoms with Crippen LogP contribution in [0.2, 0.25) is 0 Å². The average molecular weight is 199 g/mol. The van der Waals surface area contributed by atoms with Gasteiger partial charge in [0.15, 0.2) is 0 Å². The maximum atomic E-state index is 5.22. The molecule has 0 spiro atoms. The summed E-state index contributed by atoms with van der Waals surface area (Å²) in [6.45, 7) is 1.03. The largest absolute Gasteiger partial charge is 0.310 e. The van der Waals surface area contributed by atoms with Crippen molar-refractivity contribution in [2.45, 2.75) is 31.7 Å². The van der Waals surface area contributed by atoms with Crippen molar-refractivity contribution >= 4 is 0 Å². The molecule has 1 aliphatic carbocycles. The lowest BCUT2D eigenvalue weighted by Crippen LogP contribution is -2.20. The fraction of sp³-hybridized carbons (Fsp3) is 0.429. The van der Waals surface area contributed by atoms with Crippen LogP contribution in [0.3, 0.4) is 0 Å². The molecule has 0 saturated heterocycles. The fourth-order valence-corrected chi connectivity index (χ4v) is 2.24. The van der Waals surface area contributed by atoms with E-state index in [2.05, 4.69) is 35.5 Å². The van der Waals surface area contributed by atoms with Gasteiger partial charge in [-0.25, -0.2) is 0 Å². The van der Waals surface area contributed by atoms with Crippen molar-refractivity contribution in [2.24, 2.45) is 0 Å². The Morgan fingerprint density at radius 3 is 3.13 bits per heavy atom. The molecule has 0 saturated carbocycles. The van der Waals surface area contributed by atoms with Crippen LogP contribution in [0.1, 0.15) is 36.4 Å². The highest BCUT2D eigenvalue weighted by molar-refractivity contribution is 5.34. The van der Waals surface area contributed by atoms with Gasteiger partial charge in [-0.2, -0.15) is 0 Å². The summed E-state index contributed by atoms with van der Waals surface area (Å²) in [7, 11) is 0. The summed E-state index contributed by atoms with van der Waals surface area (Å²) in [6, 6.07) is 9.28. The van der Waals surface area contributed by atoms with Gasteiger partial charge in [0.25, 0.3) is 0 Å². The molecular weight excluding hydrogens is 182 g/mol. The molecule has 1 aromatic rings. The van der Waals surface area contributed by atoms with Gasteiger partial charge in [0.05, 0.1) is 0 Å². The van der Waals surface area contributed by atoms with Crippen LogP contribution in [0.25, 0.3) is 0 Å². The molecule has 1 nitrogen and oxygen atoms in total. The van der Waals surface area contributed by atoms with Crippen molar-refractivity contribution in [2.75, 3.05) is 6.54 Å². The highest BCUT2D eigenvalue weighted by Crippen LogP contribution is 2.30. The molecule has 1 N–H and O–H groups in total. The van der Waals surface area contributed by atoms with Crippen LogP contribution in [0.4, 0.5) is 0 Å². The number of unbranched alkanes of at least 4 members (excludes halogenated alkanes) is 1. The van der Waals surface area contributed by atoms with Crippen molar-refractivity contribution in [1.82, 2.24) is 5.32 Å². The normalized spacial score (nSPS) is 18.5. The SMILES string of the molecule is C#CCCCNC1CCc2ccccc21. The molecule has 0 aromatic heterocycles. The summed E-state index contributed by atoms with van der Waals surface area (Å²) < 4.78 is 0. The first-order valence-electron chi connectivity index (χ1n) is 5.66. The van der Waals surface area contributed by atoms with Gasteiger partial charge in [-0.3, -0.25) is 0 Å². The molecule has 1 aromatic carbocycles. The van der Waals surface area contributed by atoms with Crippen LogP contribution in [-0.4, -0.2) is 6.54 Å². The number of nitrogens with one attached hydrogen (secondary N) is 1. The predicted octanol–water partition coefficient (Wildman–Crippen LogP) is 2.68. The molecule has 0 aliphatic heterocycles. The second-order valence-electron chi connectivity index (χ2n) is 4.05. The highest BCUT2D eigenvalue weighted by atomic mass is 14.9. The zero-order valence-electron chi connectivity index (χ0n) is 9.00. The Labute approximate surface area is 91.9 Å². The Morgan fingerprint density at radius 2 is 2.27 bits per heavy atom. The minimum Gasteiger partial charge on any atom is -0.310 e. The molecule has 0 fully saturated rings. The number of hydrogen-bond acceptors (Lipinski definition) is 1. The van der Waals surface area contributed by atoms with Crippen molar-refractivity contribution < 1.29 is 0 Å². The Kier molecular flexibility index (Phi) is 3.42. The fourth-order valence-electron chi connectivity index (χ4n) is 2.24. The molecule has 2 rings (SSSR count). The van der Waals surface area contributed by atoms with Gasteiger partial charge in [-0.1, -0.05) is 24.3 Å². The summed E-state index contributed by atoms with van der Waals surface area (Å²) in [6.07, 6.45) is 9.62. The molecule has 0 heterocycles. The zero-order chi connectivity index (χ0) is 10.5. The van der Waals surface area contributed by atoms with Gasteiger partial charge in [-0.15, -0.1) is 12.3 Å². The summed E-state index contributed by atoms with van der Waals surface area (Å²) in [4.78, 5) is 0. The van der Waals surface area contributed by atoms with Gasteiger partial charge in [0, 0.05) is 12.5 Å². The molecule has 78 valence electrons. The second-order valence-corrected chi connectivity index (χ2v) is 4.05. The van der Waals surface area contributed by atoms with E-state index in [0.29, 0.717) is 6.04 Å². The number of benzene rings is 1. The number of rotatable bonds is 4. The lowest BCUT2D eigenvalue weighted by Gasteiger charge is -2.13. The van der Waals surface area contributed by atoms with E-state index in [1.54, 1.807) is 0 Å². The van der Waals surface area contributed by atoms with E-state index in [1.165, 1.54) is 24.0 Å². The minimum atomic E-state index is 0.555. The molecule has 15 heavy (non-hydrogen) atoms. The van der Waals surface area contributed by atoms with Gasteiger partial charge in [0.2, 0.25) is 0 Å². The predicted molar refractivity (Wildman–Crippen MR) is 63.6 cm³/mol. The third kappa shape index (κ3) is 2.40. The highest BCUT2D eigenvalue weighted by Gasteiger charge is 2.20. The summed E-state index contributed by atoms with van der Waals surface area (Å²) in [5, 5.41) is 3.58. The van der Waals surface area contributed by atoms with Crippen molar-refractivity contribution in [3.05, 3.63) is 35.4 Å². The van der Waals surface area contributed by atoms with Gasteiger partial charge >= 0.3 is 0 Å². The summed E-state index contributed by atoms with van der Waals surface area (Å²) in [5.74, 6) is 2.67. The van der Waals surface area contributed by atoms with Crippen molar-refractivity contribution in [3.63, 3.8) is 0 Å². The molecule has 0 radical (unpaired) electrons. The van der Waals surface area contributed by atoms with Crippen molar-refractivity contribution in [1.29, 1.82) is 0 Å². The zero-order valence-corrected chi connectivity index (χ0v) is 9.00. The Bertz CT molecular complexity index is 362. The number of fused-ring (bicyclic) bond motifs is 1. The monoisotopic (exact) mass is 199 g/mol. The molecule has 1 heteroatoms. The Balaban J connectivity index is 1.88. The van der Waals surface area contributed by atoms with E-state index >= 15 is 0 Å². The van der Waals surface area contributed by atoms with E-state index in [1.807, 2.05) is 0 Å². The van der Waals surface area contributed by atoms with Crippen LogP contribution in [0.15, 0.2) is 24.3 Å². The van der Waals surface area contributed by atoms with Gasteiger partial charge in [0.1, 0.15) is 0 Å². The lowest BCUT2D eigenvalue weighted by atomic mass is 10.1. The van der Waals surface area contributed by atoms with Gasteiger partial charge in [-0.05, 0) is 36.9 Å². The van der Waals surface area contributed by atoms with E-state index in [4.69, 9.17) is 6.42 Å². The third-order valence-electron chi connectivity index (χ3n) is 3.02. The average Bonchev–Trinajstić information content (AvgIpc) is 2.68. The molecular formula is C14H17N. The second kappa shape index (κ2) is 5.00. The number of terminal acetylenes is 1. The maximum Gasteiger partial charge on any atom is 0.0326 e. The van der Waals surface area contributed by atoms with E-state index in [-0.39, 0.29) is 0 Å². The smallest absolute Gasteiger partial charge is 0.0326 e. The van der Waals surface area contributed by atoms with Crippen molar-refractivity contribution in [3.8, 4) is 12.3 Å². The molecule has 1 aliphatic rings. The minimum absolute atomic E-state index is 0.555. The lowest BCUT2D eigenvalue weighted by molar-refractivity contribution is 0.523. The Hall–Kier alpha value is -1.26.